The Kier molecular flexibility index (Phi) is 5.31. The molecule has 8 heteroatoms. The molecule has 2 aromatic rings. The molecule has 0 aliphatic heterocycles. The number of anilines is 1. The number of azo groups is 1. The molecule has 0 bridgehead atoms. The van der Waals surface area contributed by atoms with Crippen molar-refractivity contribution in [2.75, 3.05) is 18.0 Å². The topological polar surface area (TPSA) is 112 Å². The van der Waals surface area contributed by atoms with Gasteiger partial charge in [0.1, 0.15) is 11.4 Å². The fourth-order valence-electron chi connectivity index (χ4n) is 2.21. The summed E-state index contributed by atoms with van der Waals surface area (Å²) in [6.07, 6.45) is 0. The summed E-state index contributed by atoms with van der Waals surface area (Å²) in [6.45, 7) is 5.67. The van der Waals surface area contributed by atoms with Crippen molar-refractivity contribution in [1.82, 2.24) is 0 Å². The standard InChI is InChI=1S/C16H18N4O4/c1-3-19(4-2)12-6-7-13(16(22)10-12)18-17-11-5-8-15(21)14(9-11)20(23)24/h5-10,21-22H,3-4H2,1-2H3/b18-17+. The van der Waals surface area contributed by atoms with Crippen molar-refractivity contribution < 1.29 is 15.1 Å². The highest BCUT2D eigenvalue weighted by Gasteiger charge is 2.13. The van der Waals surface area contributed by atoms with Gasteiger partial charge in [-0.05, 0) is 38.1 Å². The van der Waals surface area contributed by atoms with E-state index in [4.69, 9.17) is 0 Å². The molecule has 24 heavy (non-hydrogen) atoms. The second kappa shape index (κ2) is 7.40. The minimum atomic E-state index is -0.704. The molecule has 126 valence electrons. The predicted molar refractivity (Wildman–Crippen MR) is 90.6 cm³/mol. The largest absolute Gasteiger partial charge is 0.506 e. The fraction of sp³-hybridized carbons (Fsp3) is 0.250. The Labute approximate surface area is 138 Å². The molecule has 0 atom stereocenters. The van der Waals surface area contributed by atoms with Gasteiger partial charge in [-0.1, -0.05) is 0 Å². The summed E-state index contributed by atoms with van der Waals surface area (Å²) in [5.41, 5.74) is 0.873. The second-order valence-electron chi connectivity index (χ2n) is 4.98. The lowest BCUT2D eigenvalue weighted by Gasteiger charge is -2.21. The maximum absolute atomic E-state index is 10.8. The van der Waals surface area contributed by atoms with Crippen molar-refractivity contribution in [1.29, 1.82) is 0 Å². The van der Waals surface area contributed by atoms with Gasteiger partial charge in [-0.25, -0.2) is 0 Å². The third-order valence-corrected chi connectivity index (χ3v) is 3.52. The van der Waals surface area contributed by atoms with Gasteiger partial charge < -0.3 is 15.1 Å². The van der Waals surface area contributed by atoms with E-state index in [0.717, 1.165) is 24.8 Å². The van der Waals surface area contributed by atoms with Crippen LogP contribution in [0.5, 0.6) is 11.5 Å². The number of nitro groups is 1. The Morgan fingerprint density at radius 1 is 1.04 bits per heavy atom. The molecular formula is C16H18N4O4. The Bertz CT molecular complexity index is 773. The molecule has 8 nitrogen and oxygen atoms in total. The number of aromatic hydroxyl groups is 2. The van der Waals surface area contributed by atoms with E-state index in [-0.39, 0.29) is 17.1 Å². The van der Waals surface area contributed by atoms with E-state index >= 15 is 0 Å². The van der Waals surface area contributed by atoms with Crippen molar-refractivity contribution in [3.8, 4) is 11.5 Å². The van der Waals surface area contributed by atoms with Gasteiger partial charge in [0, 0.05) is 30.9 Å². The van der Waals surface area contributed by atoms with Gasteiger partial charge in [0.25, 0.3) is 0 Å². The minimum absolute atomic E-state index is 0.0311. The molecule has 0 aromatic heterocycles. The van der Waals surface area contributed by atoms with Crippen LogP contribution >= 0.6 is 0 Å². The van der Waals surface area contributed by atoms with Crippen molar-refractivity contribution in [2.45, 2.75) is 13.8 Å². The maximum Gasteiger partial charge on any atom is 0.312 e. The van der Waals surface area contributed by atoms with E-state index in [1.54, 1.807) is 12.1 Å². The van der Waals surface area contributed by atoms with Gasteiger partial charge in [0.05, 0.1) is 10.6 Å². The number of benzene rings is 2. The molecule has 0 unspecified atom stereocenters. The first-order valence-corrected chi connectivity index (χ1v) is 7.43. The lowest BCUT2D eigenvalue weighted by atomic mass is 10.2. The van der Waals surface area contributed by atoms with Gasteiger partial charge in [-0.3, -0.25) is 10.1 Å². The van der Waals surface area contributed by atoms with Gasteiger partial charge in [-0.2, -0.15) is 5.11 Å². The van der Waals surface area contributed by atoms with Gasteiger partial charge in [0.2, 0.25) is 0 Å². The van der Waals surface area contributed by atoms with Crippen LogP contribution in [-0.2, 0) is 0 Å². The molecular weight excluding hydrogens is 312 g/mol. The van der Waals surface area contributed by atoms with Crippen molar-refractivity contribution in [2.24, 2.45) is 10.2 Å². The van der Waals surface area contributed by atoms with E-state index in [1.165, 1.54) is 12.1 Å². The highest BCUT2D eigenvalue weighted by atomic mass is 16.6. The van der Waals surface area contributed by atoms with E-state index in [9.17, 15) is 20.3 Å². The third kappa shape index (κ3) is 3.78. The molecule has 2 aromatic carbocycles. The number of hydrogen-bond donors (Lipinski definition) is 2. The molecule has 0 fully saturated rings. The van der Waals surface area contributed by atoms with Gasteiger partial charge in [0.15, 0.2) is 5.75 Å². The lowest BCUT2D eigenvalue weighted by molar-refractivity contribution is -0.385. The normalized spacial score (nSPS) is 10.9. The van der Waals surface area contributed by atoms with Crippen LogP contribution < -0.4 is 4.90 Å². The molecule has 0 saturated heterocycles. The second-order valence-corrected chi connectivity index (χ2v) is 4.98. The molecule has 0 spiro atoms. The summed E-state index contributed by atoms with van der Waals surface area (Å²) in [7, 11) is 0. The van der Waals surface area contributed by atoms with Crippen LogP contribution in [0, 0.1) is 10.1 Å². The number of phenolic OH excluding ortho intramolecular Hbond substituents is 2. The number of nitro benzene ring substituents is 1. The molecule has 0 aliphatic rings. The van der Waals surface area contributed by atoms with Crippen molar-refractivity contribution in [3.63, 3.8) is 0 Å². The van der Waals surface area contributed by atoms with E-state index in [2.05, 4.69) is 15.1 Å². The molecule has 0 amide bonds. The highest BCUT2D eigenvalue weighted by Crippen LogP contribution is 2.34. The molecule has 0 aliphatic carbocycles. The monoisotopic (exact) mass is 330 g/mol. The third-order valence-electron chi connectivity index (χ3n) is 3.52. The van der Waals surface area contributed by atoms with Gasteiger partial charge >= 0.3 is 5.69 Å². The SMILES string of the molecule is CCN(CC)c1ccc(/N=N/c2ccc(O)c([N+](=O)[O-])c2)c(O)c1. The Morgan fingerprint density at radius 2 is 1.75 bits per heavy atom. The van der Waals surface area contributed by atoms with Crippen LogP contribution in [0.4, 0.5) is 22.7 Å². The molecule has 0 saturated carbocycles. The van der Waals surface area contributed by atoms with Crippen LogP contribution in [-0.4, -0.2) is 28.2 Å². The minimum Gasteiger partial charge on any atom is -0.506 e. The summed E-state index contributed by atoms with van der Waals surface area (Å²) in [5.74, 6) is -0.471. The smallest absolute Gasteiger partial charge is 0.312 e. The van der Waals surface area contributed by atoms with E-state index in [1.807, 2.05) is 19.9 Å². The summed E-state index contributed by atoms with van der Waals surface area (Å²) in [5, 5.41) is 38.0. The number of nitrogens with zero attached hydrogens (tertiary/aromatic N) is 4. The van der Waals surface area contributed by atoms with Crippen molar-refractivity contribution in [3.05, 3.63) is 46.5 Å². The zero-order valence-electron chi connectivity index (χ0n) is 13.4. The Morgan fingerprint density at radius 3 is 2.33 bits per heavy atom. The van der Waals surface area contributed by atoms with Crippen LogP contribution in [0.3, 0.4) is 0 Å². The summed E-state index contributed by atoms with van der Waals surface area (Å²) < 4.78 is 0. The molecule has 0 heterocycles. The quantitative estimate of drug-likeness (QED) is 0.467. The summed E-state index contributed by atoms with van der Waals surface area (Å²) >= 11 is 0. The van der Waals surface area contributed by atoms with Crippen LogP contribution in [0.1, 0.15) is 13.8 Å². The van der Waals surface area contributed by atoms with Crippen LogP contribution in [0.15, 0.2) is 46.6 Å². The van der Waals surface area contributed by atoms with Crippen molar-refractivity contribution >= 4 is 22.7 Å². The number of rotatable bonds is 6. The fourth-order valence-corrected chi connectivity index (χ4v) is 2.21. The molecule has 2 N–H and O–H groups in total. The Balaban J connectivity index is 2.26. The molecule has 0 radical (unpaired) electrons. The van der Waals surface area contributed by atoms with Gasteiger partial charge in [-0.15, -0.1) is 5.11 Å². The average molecular weight is 330 g/mol. The first-order valence-electron chi connectivity index (χ1n) is 7.43. The molecule has 2 rings (SSSR count). The van der Waals surface area contributed by atoms with E-state index < -0.39 is 16.4 Å². The van der Waals surface area contributed by atoms with Crippen LogP contribution in [0.25, 0.3) is 0 Å². The van der Waals surface area contributed by atoms with E-state index in [0.29, 0.717) is 0 Å². The summed E-state index contributed by atoms with van der Waals surface area (Å²) in [4.78, 5) is 12.2. The zero-order valence-corrected chi connectivity index (χ0v) is 13.4. The number of phenols is 2. The van der Waals surface area contributed by atoms with Crippen LogP contribution in [0.2, 0.25) is 0 Å². The lowest BCUT2D eigenvalue weighted by Crippen LogP contribution is -2.21. The highest BCUT2D eigenvalue weighted by molar-refractivity contribution is 5.61. The Hall–Kier alpha value is -3.16. The predicted octanol–water partition coefficient (Wildman–Crippen LogP) is 4.27. The zero-order chi connectivity index (χ0) is 17.7. The maximum atomic E-state index is 10.8. The first kappa shape index (κ1) is 17.2. The number of hydrogen-bond acceptors (Lipinski definition) is 7. The summed E-state index contributed by atoms with van der Waals surface area (Å²) in [6, 6.07) is 8.73. The average Bonchev–Trinajstić information content (AvgIpc) is 2.56. The first-order chi connectivity index (χ1) is 11.5.